The minimum Gasteiger partial charge on any atom is -0.504 e. The molecule has 1 heterocycles. The maximum Gasteiger partial charge on any atom is 0.224 e. The molecule has 0 atom stereocenters. The number of aromatic hydroxyl groups is 3. The van der Waals surface area contributed by atoms with Crippen LogP contribution in [0.5, 0.6) is 17.2 Å². The van der Waals surface area contributed by atoms with E-state index in [4.69, 9.17) is 4.42 Å². The summed E-state index contributed by atoms with van der Waals surface area (Å²) in [6, 6.07) is 17.9. The first-order valence-corrected chi connectivity index (χ1v) is 9.09. The Morgan fingerprint density at radius 3 is 2.34 bits per heavy atom. The summed E-state index contributed by atoms with van der Waals surface area (Å²) in [5, 5.41) is 33.4. The molecule has 1 aliphatic heterocycles. The molecule has 3 aromatic rings. The number of rotatable bonds is 1. The zero-order valence-electron chi connectivity index (χ0n) is 15.4. The molecule has 0 unspecified atom stereocenters. The molecule has 0 aromatic heterocycles. The Balaban J connectivity index is 2.02. The van der Waals surface area contributed by atoms with E-state index in [0.717, 1.165) is 21.9 Å². The highest BCUT2D eigenvalue weighted by Crippen LogP contribution is 2.47. The topological polar surface area (TPSA) is 90.9 Å². The van der Waals surface area contributed by atoms with Crippen molar-refractivity contribution in [1.29, 1.82) is 0 Å². The summed E-state index contributed by atoms with van der Waals surface area (Å²) in [4.78, 5) is 12.0. The molecule has 0 saturated heterocycles. The van der Waals surface area contributed by atoms with Crippen LogP contribution in [0.4, 0.5) is 0 Å². The Kier molecular flexibility index (Phi) is 3.55. The molecule has 0 saturated carbocycles. The van der Waals surface area contributed by atoms with Crippen molar-refractivity contribution < 1.29 is 19.7 Å². The summed E-state index contributed by atoms with van der Waals surface area (Å²) in [6.45, 7) is 2.00. The van der Waals surface area contributed by atoms with E-state index in [2.05, 4.69) is 0 Å². The molecule has 0 amide bonds. The van der Waals surface area contributed by atoms with Crippen LogP contribution in [0.25, 0.3) is 44.2 Å². The van der Waals surface area contributed by atoms with Crippen molar-refractivity contribution in [3.63, 3.8) is 0 Å². The van der Waals surface area contributed by atoms with E-state index in [1.54, 1.807) is 12.1 Å². The summed E-state index contributed by atoms with van der Waals surface area (Å²) in [7, 11) is 0. The normalized spacial score (nSPS) is 11.5. The van der Waals surface area contributed by atoms with Crippen LogP contribution in [0.3, 0.4) is 0 Å². The van der Waals surface area contributed by atoms with Crippen molar-refractivity contribution in [3.05, 3.63) is 76.5 Å². The van der Waals surface area contributed by atoms with Crippen molar-refractivity contribution in [2.24, 2.45) is 0 Å². The van der Waals surface area contributed by atoms with Gasteiger partial charge in [0.05, 0.1) is 0 Å². The van der Waals surface area contributed by atoms with Gasteiger partial charge in [-0.15, -0.1) is 0 Å². The average Bonchev–Trinajstić information content (AvgIpc) is 2.73. The Morgan fingerprint density at radius 2 is 1.52 bits per heavy atom. The van der Waals surface area contributed by atoms with Crippen LogP contribution in [0, 0.1) is 6.92 Å². The first kappa shape index (κ1) is 17.1. The molecule has 2 aliphatic rings. The summed E-state index contributed by atoms with van der Waals surface area (Å²) < 4.78 is 5.70. The molecule has 1 aliphatic carbocycles. The maximum absolute atomic E-state index is 12.0. The van der Waals surface area contributed by atoms with Gasteiger partial charge in [-0.05, 0) is 53.1 Å². The summed E-state index contributed by atoms with van der Waals surface area (Å²) in [5.41, 5.74) is 2.54. The van der Waals surface area contributed by atoms with Crippen molar-refractivity contribution in [3.8, 4) is 39.7 Å². The summed E-state index contributed by atoms with van der Waals surface area (Å²) >= 11 is 0. The van der Waals surface area contributed by atoms with Gasteiger partial charge >= 0.3 is 0 Å². The standard InChI is InChI=1S/C24H16O5/c1-12-14-5-3-2-4-13(14)6-7-15(12)20-16-8-10-18(25)21(27)23(16)29-24-17(20)9-11-19(26)22(24)28/h2-11,25,27-28H,1H3. The number of hydrogen-bond donors (Lipinski definition) is 3. The predicted molar refractivity (Wildman–Crippen MR) is 112 cm³/mol. The number of phenolic OH excluding ortho intramolecular Hbond substituents is 3. The van der Waals surface area contributed by atoms with Crippen molar-refractivity contribution >= 4 is 21.7 Å². The SMILES string of the molecule is Cc1c(-c2c3ccc(=O)c(O)c-3oc3c(O)c(O)ccc23)ccc2ccccc12. The highest BCUT2D eigenvalue weighted by Gasteiger charge is 2.24. The van der Waals surface area contributed by atoms with Crippen LogP contribution in [-0.2, 0) is 0 Å². The molecular formula is C24H16O5. The Bertz CT molecular complexity index is 1460. The second-order valence-corrected chi connectivity index (χ2v) is 7.04. The second kappa shape index (κ2) is 6.01. The number of benzene rings is 4. The molecule has 3 N–H and O–H groups in total. The number of fused-ring (bicyclic) bond motifs is 3. The zero-order valence-corrected chi connectivity index (χ0v) is 15.4. The van der Waals surface area contributed by atoms with E-state index in [1.165, 1.54) is 12.1 Å². The Hall–Kier alpha value is -3.99. The fourth-order valence-electron chi connectivity index (χ4n) is 3.95. The van der Waals surface area contributed by atoms with Crippen LogP contribution in [0.15, 0.2) is 69.9 Å². The first-order chi connectivity index (χ1) is 14.0. The number of aryl methyl sites for hydroxylation is 1. The second-order valence-electron chi connectivity index (χ2n) is 7.04. The van der Waals surface area contributed by atoms with Gasteiger partial charge in [0.1, 0.15) is 0 Å². The highest BCUT2D eigenvalue weighted by atomic mass is 16.4. The third-order valence-electron chi connectivity index (χ3n) is 5.42. The van der Waals surface area contributed by atoms with Gasteiger partial charge in [-0.25, -0.2) is 0 Å². The molecule has 3 aromatic carbocycles. The quantitative estimate of drug-likeness (QED) is 0.275. The molecule has 5 nitrogen and oxygen atoms in total. The molecule has 142 valence electrons. The lowest BCUT2D eigenvalue weighted by atomic mass is 9.88. The third-order valence-corrected chi connectivity index (χ3v) is 5.42. The molecule has 5 rings (SSSR count). The zero-order chi connectivity index (χ0) is 20.3. The minimum absolute atomic E-state index is 0.000888. The smallest absolute Gasteiger partial charge is 0.224 e. The van der Waals surface area contributed by atoms with Crippen LogP contribution < -0.4 is 5.43 Å². The van der Waals surface area contributed by atoms with Crippen LogP contribution in [-0.4, -0.2) is 15.3 Å². The van der Waals surface area contributed by atoms with Gasteiger partial charge < -0.3 is 19.7 Å². The van der Waals surface area contributed by atoms with Gasteiger partial charge in [-0.3, -0.25) is 4.79 Å². The monoisotopic (exact) mass is 384 g/mol. The number of hydrogen-bond acceptors (Lipinski definition) is 5. The third kappa shape index (κ3) is 2.37. The van der Waals surface area contributed by atoms with E-state index >= 15 is 0 Å². The van der Waals surface area contributed by atoms with E-state index in [9.17, 15) is 20.1 Å². The first-order valence-electron chi connectivity index (χ1n) is 9.09. The summed E-state index contributed by atoms with van der Waals surface area (Å²) in [6.07, 6.45) is 0. The molecule has 0 bridgehead atoms. The van der Waals surface area contributed by atoms with Gasteiger partial charge in [0, 0.05) is 16.5 Å². The molecule has 29 heavy (non-hydrogen) atoms. The van der Waals surface area contributed by atoms with Crippen molar-refractivity contribution in [2.75, 3.05) is 0 Å². The average molecular weight is 384 g/mol. The molecule has 0 fully saturated rings. The largest absolute Gasteiger partial charge is 0.504 e. The molecule has 5 heteroatoms. The van der Waals surface area contributed by atoms with Crippen LogP contribution in [0.2, 0.25) is 0 Å². The van der Waals surface area contributed by atoms with Crippen molar-refractivity contribution in [2.45, 2.75) is 6.92 Å². The van der Waals surface area contributed by atoms with Gasteiger partial charge in [0.15, 0.2) is 17.1 Å². The fourth-order valence-corrected chi connectivity index (χ4v) is 3.95. The lowest BCUT2D eigenvalue weighted by Gasteiger charge is -2.19. The lowest BCUT2D eigenvalue weighted by molar-refractivity contribution is 0.398. The van der Waals surface area contributed by atoms with E-state index in [1.807, 2.05) is 43.3 Å². The van der Waals surface area contributed by atoms with Gasteiger partial charge in [-0.2, -0.15) is 0 Å². The van der Waals surface area contributed by atoms with Gasteiger partial charge in [0.2, 0.25) is 16.9 Å². The summed E-state index contributed by atoms with van der Waals surface area (Å²) in [5.74, 6) is -1.36. The number of phenols is 3. The van der Waals surface area contributed by atoms with Gasteiger partial charge in [-0.1, -0.05) is 36.4 Å². The molecular weight excluding hydrogens is 368 g/mol. The van der Waals surface area contributed by atoms with E-state index in [-0.39, 0.29) is 17.1 Å². The fraction of sp³-hybridized carbons (Fsp3) is 0.0417. The predicted octanol–water partition coefficient (Wildman–Crippen LogP) is 5.14. The lowest BCUT2D eigenvalue weighted by Crippen LogP contribution is -2.02. The minimum atomic E-state index is -0.582. The van der Waals surface area contributed by atoms with Crippen LogP contribution in [0.1, 0.15) is 5.56 Å². The molecule has 0 radical (unpaired) electrons. The maximum atomic E-state index is 12.0. The Labute approximate surface area is 165 Å². The van der Waals surface area contributed by atoms with E-state index < -0.39 is 16.9 Å². The molecule has 0 spiro atoms. The van der Waals surface area contributed by atoms with Crippen molar-refractivity contribution in [1.82, 2.24) is 0 Å². The Morgan fingerprint density at radius 1 is 0.759 bits per heavy atom. The highest BCUT2D eigenvalue weighted by molar-refractivity contribution is 6.07. The van der Waals surface area contributed by atoms with Crippen LogP contribution >= 0.6 is 0 Å². The van der Waals surface area contributed by atoms with E-state index in [0.29, 0.717) is 16.5 Å². The van der Waals surface area contributed by atoms with Gasteiger partial charge in [0.25, 0.3) is 0 Å².